The minimum atomic E-state index is -1.24. The van der Waals surface area contributed by atoms with Gasteiger partial charge in [0.2, 0.25) is 0 Å². The zero-order valence-electron chi connectivity index (χ0n) is 18.5. The minimum absolute atomic E-state index is 0.216. The van der Waals surface area contributed by atoms with Crippen molar-refractivity contribution in [2.75, 3.05) is 32.8 Å². The Balaban J connectivity index is 2.28. The third kappa shape index (κ3) is 2.97. The molecule has 0 radical (unpaired) electrons. The fourth-order valence-corrected chi connectivity index (χ4v) is 7.81. The summed E-state index contributed by atoms with van der Waals surface area (Å²) in [6.07, 6.45) is 1.85. The lowest BCUT2D eigenvalue weighted by Crippen LogP contribution is -2.32. The van der Waals surface area contributed by atoms with Crippen LogP contribution in [0.2, 0.25) is 0 Å². The first-order valence-electron chi connectivity index (χ1n) is 10.2. The van der Waals surface area contributed by atoms with Crippen molar-refractivity contribution >= 4 is 29.4 Å². The molecule has 2 aliphatic rings. The van der Waals surface area contributed by atoms with Crippen LogP contribution in [0.3, 0.4) is 0 Å². The molecular formula is C22H28N4O3S2. The molecule has 1 aliphatic carbocycles. The topological polar surface area (TPSA) is 114 Å². The van der Waals surface area contributed by atoms with Gasteiger partial charge in [-0.3, -0.25) is 0 Å². The molecule has 1 fully saturated rings. The molecule has 1 heterocycles. The number of thioether (sulfide) groups is 2. The highest BCUT2D eigenvalue weighted by Gasteiger charge is 2.92. The molecule has 9 heteroatoms. The molecule has 1 aliphatic heterocycles. The van der Waals surface area contributed by atoms with Crippen LogP contribution in [0.1, 0.15) is 38.2 Å². The van der Waals surface area contributed by atoms with Crippen LogP contribution in [0.15, 0.2) is 17.1 Å². The SMILES string of the molecule is CCCSC1(SCCC)N=C(N)C2(C#N)C(c3c(OC)cc(OC)cc3OC)C12C#N. The molecule has 1 aromatic rings. The number of aliphatic imine (C=N–C) groups is 1. The first-order valence-corrected chi connectivity index (χ1v) is 12.2. The van der Waals surface area contributed by atoms with E-state index < -0.39 is 21.0 Å². The van der Waals surface area contributed by atoms with E-state index in [9.17, 15) is 10.5 Å². The summed E-state index contributed by atoms with van der Waals surface area (Å²) < 4.78 is 15.8. The summed E-state index contributed by atoms with van der Waals surface area (Å²) in [5, 5.41) is 21.0. The highest BCUT2D eigenvalue weighted by molar-refractivity contribution is 8.18. The number of benzene rings is 1. The van der Waals surface area contributed by atoms with E-state index in [-0.39, 0.29) is 5.84 Å². The lowest BCUT2D eigenvalue weighted by Gasteiger charge is -2.32. The Morgan fingerprint density at radius 1 is 1.00 bits per heavy atom. The molecule has 1 saturated carbocycles. The predicted octanol–water partition coefficient (Wildman–Crippen LogP) is 4.14. The summed E-state index contributed by atoms with van der Waals surface area (Å²) in [5.41, 5.74) is 4.74. The van der Waals surface area contributed by atoms with Crippen molar-refractivity contribution < 1.29 is 14.2 Å². The second kappa shape index (κ2) is 8.72. The van der Waals surface area contributed by atoms with E-state index in [4.69, 9.17) is 24.9 Å². The van der Waals surface area contributed by atoms with Crippen LogP contribution in [0.25, 0.3) is 0 Å². The summed E-state index contributed by atoms with van der Waals surface area (Å²) in [4.78, 5) is 4.80. The van der Waals surface area contributed by atoms with E-state index in [1.807, 2.05) is 0 Å². The maximum Gasteiger partial charge on any atom is 0.175 e. The van der Waals surface area contributed by atoms with E-state index in [0.717, 1.165) is 24.3 Å². The molecule has 7 nitrogen and oxygen atoms in total. The van der Waals surface area contributed by atoms with E-state index in [2.05, 4.69) is 26.0 Å². The minimum Gasteiger partial charge on any atom is -0.496 e. The van der Waals surface area contributed by atoms with Crippen molar-refractivity contribution in [2.24, 2.45) is 21.6 Å². The number of nitrogens with two attached hydrogens (primary N) is 1. The number of ether oxygens (including phenoxy) is 3. The van der Waals surface area contributed by atoms with Crippen molar-refractivity contribution in [2.45, 2.75) is 36.8 Å². The van der Waals surface area contributed by atoms with Crippen molar-refractivity contribution in [1.29, 1.82) is 10.5 Å². The zero-order valence-corrected chi connectivity index (χ0v) is 20.2. The van der Waals surface area contributed by atoms with Gasteiger partial charge in [-0.25, -0.2) is 4.99 Å². The summed E-state index contributed by atoms with van der Waals surface area (Å²) in [6.45, 7) is 4.17. The third-order valence-electron chi connectivity index (χ3n) is 5.97. The van der Waals surface area contributed by atoms with Crippen LogP contribution in [-0.4, -0.2) is 42.9 Å². The Bertz CT molecular complexity index is 937. The third-order valence-corrected chi connectivity index (χ3v) is 9.51. The molecule has 3 unspecified atom stereocenters. The number of nitrogens with zero attached hydrogens (tertiary/aromatic N) is 3. The molecule has 3 atom stereocenters. The molecule has 0 bridgehead atoms. The van der Waals surface area contributed by atoms with Gasteiger partial charge in [-0.2, -0.15) is 10.5 Å². The molecule has 2 N–H and O–H groups in total. The number of fused-ring (bicyclic) bond motifs is 1. The Labute approximate surface area is 192 Å². The van der Waals surface area contributed by atoms with Crippen LogP contribution in [-0.2, 0) is 0 Å². The lowest BCUT2D eigenvalue weighted by atomic mass is 9.97. The van der Waals surface area contributed by atoms with Crippen molar-refractivity contribution in [3.63, 3.8) is 0 Å². The largest absolute Gasteiger partial charge is 0.496 e. The van der Waals surface area contributed by atoms with E-state index >= 15 is 0 Å². The molecule has 0 spiro atoms. The number of hydrogen-bond acceptors (Lipinski definition) is 9. The second-order valence-corrected chi connectivity index (χ2v) is 10.3. The number of methoxy groups -OCH3 is 3. The number of rotatable bonds is 10. The standard InChI is InChI=1S/C22H28N4O3S2/c1-6-8-30-22(31-9-7-2)21(13-24)18(20(21,12-23)19(25)26-22)17-15(28-4)10-14(27-3)11-16(17)29-5/h10-11,18H,6-9H2,1-5H3,(H2,25,26). The Morgan fingerprint density at radius 2 is 1.55 bits per heavy atom. The first kappa shape index (κ1) is 23.4. The van der Waals surface area contributed by atoms with Gasteiger partial charge >= 0.3 is 0 Å². The summed E-state index contributed by atoms with van der Waals surface area (Å²) in [6, 6.07) is 8.41. The molecule has 1 aromatic carbocycles. The quantitative estimate of drug-likeness (QED) is 0.518. The van der Waals surface area contributed by atoms with Gasteiger partial charge in [-0.15, -0.1) is 23.5 Å². The fourth-order valence-electron chi connectivity index (χ4n) is 4.59. The first-order chi connectivity index (χ1) is 14.9. The van der Waals surface area contributed by atoms with Crippen LogP contribution in [0.4, 0.5) is 0 Å². The highest BCUT2D eigenvalue weighted by Crippen LogP contribution is 2.86. The maximum absolute atomic E-state index is 10.6. The molecule has 0 amide bonds. The maximum atomic E-state index is 10.6. The van der Waals surface area contributed by atoms with Crippen molar-refractivity contribution in [1.82, 2.24) is 0 Å². The van der Waals surface area contributed by atoms with Crippen molar-refractivity contribution in [3.8, 4) is 29.4 Å². The van der Waals surface area contributed by atoms with E-state index in [1.54, 1.807) is 57.0 Å². The van der Waals surface area contributed by atoms with E-state index in [0.29, 0.717) is 22.8 Å². The number of hydrogen-bond donors (Lipinski definition) is 1. The zero-order chi connectivity index (χ0) is 22.9. The Hall–Kier alpha value is -2.23. The summed E-state index contributed by atoms with van der Waals surface area (Å²) >= 11 is 3.22. The number of nitriles is 2. The smallest absolute Gasteiger partial charge is 0.175 e. The van der Waals surface area contributed by atoms with Gasteiger partial charge in [0.1, 0.15) is 33.9 Å². The second-order valence-electron chi connectivity index (χ2n) is 7.49. The van der Waals surface area contributed by atoms with Gasteiger partial charge in [0, 0.05) is 23.6 Å². The average Bonchev–Trinajstić information content (AvgIpc) is 3.37. The van der Waals surface area contributed by atoms with E-state index in [1.165, 1.54) is 0 Å². The highest BCUT2D eigenvalue weighted by atomic mass is 32.2. The Morgan fingerprint density at radius 3 is 1.94 bits per heavy atom. The normalized spacial score (nSPS) is 27.5. The fraction of sp³-hybridized carbons (Fsp3) is 0.591. The van der Waals surface area contributed by atoms with Crippen LogP contribution < -0.4 is 19.9 Å². The van der Waals surface area contributed by atoms with Crippen molar-refractivity contribution in [3.05, 3.63) is 17.7 Å². The molecule has 0 aromatic heterocycles. The Kier molecular flexibility index (Phi) is 6.59. The molecule has 0 saturated heterocycles. The lowest BCUT2D eigenvalue weighted by molar-refractivity contribution is 0.366. The molecular weight excluding hydrogens is 432 g/mol. The summed E-state index contributed by atoms with van der Waals surface area (Å²) in [5.74, 6) is 2.87. The van der Waals surface area contributed by atoms with Gasteiger partial charge < -0.3 is 19.9 Å². The van der Waals surface area contributed by atoms with Gasteiger partial charge in [0.05, 0.1) is 33.5 Å². The van der Waals surface area contributed by atoms with Gasteiger partial charge in [-0.1, -0.05) is 13.8 Å². The summed E-state index contributed by atoms with van der Waals surface area (Å²) in [7, 11) is 4.67. The van der Waals surface area contributed by atoms with Crippen LogP contribution >= 0.6 is 23.5 Å². The predicted molar refractivity (Wildman–Crippen MR) is 125 cm³/mol. The van der Waals surface area contributed by atoms with Gasteiger partial charge in [0.15, 0.2) is 4.20 Å². The number of amidine groups is 1. The molecule has 3 rings (SSSR count). The molecule has 166 valence electrons. The van der Waals surface area contributed by atoms with Gasteiger partial charge in [-0.05, 0) is 24.3 Å². The average molecular weight is 461 g/mol. The van der Waals surface area contributed by atoms with Crippen LogP contribution in [0, 0.1) is 33.5 Å². The van der Waals surface area contributed by atoms with Crippen LogP contribution in [0.5, 0.6) is 17.2 Å². The monoisotopic (exact) mass is 460 g/mol. The molecule has 31 heavy (non-hydrogen) atoms. The van der Waals surface area contributed by atoms with Gasteiger partial charge in [0.25, 0.3) is 0 Å².